The second kappa shape index (κ2) is 7.22. The standard InChI is InChI=1S/C15H21N3O3S/c1-4-5-6-7-11-8-10(2)12(14(19)18-15(16)17)9-13(11)22(3,20)21/h6-9H,4-5H2,1-3H3,(H4,16,17,18,19)/b7-6+. The van der Waals surface area contributed by atoms with Gasteiger partial charge in [0.1, 0.15) is 0 Å². The summed E-state index contributed by atoms with van der Waals surface area (Å²) < 4.78 is 23.9. The number of hydrogen-bond donors (Lipinski definition) is 2. The van der Waals surface area contributed by atoms with E-state index in [1.54, 1.807) is 19.1 Å². The number of rotatable bonds is 5. The second-order valence-electron chi connectivity index (χ2n) is 5.01. The molecule has 0 aliphatic rings. The highest BCUT2D eigenvalue weighted by molar-refractivity contribution is 7.90. The zero-order chi connectivity index (χ0) is 16.9. The van der Waals surface area contributed by atoms with E-state index < -0.39 is 15.7 Å². The number of carbonyl (C=O) groups is 1. The summed E-state index contributed by atoms with van der Waals surface area (Å²) >= 11 is 0. The zero-order valence-electron chi connectivity index (χ0n) is 13.0. The van der Waals surface area contributed by atoms with E-state index in [0.29, 0.717) is 11.1 Å². The van der Waals surface area contributed by atoms with Crippen LogP contribution in [0.5, 0.6) is 0 Å². The molecule has 0 aliphatic carbocycles. The predicted molar refractivity (Wildman–Crippen MR) is 88.4 cm³/mol. The summed E-state index contributed by atoms with van der Waals surface area (Å²) in [4.78, 5) is 15.5. The number of allylic oxidation sites excluding steroid dienone is 1. The van der Waals surface area contributed by atoms with Crippen LogP contribution < -0.4 is 11.5 Å². The van der Waals surface area contributed by atoms with E-state index in [1.807, 2.05) is 13.0 Å². The van der Waals surface area contributed by atoms with Crippen molar-refractivity contribution in [1.29, 1.82) is 0 Å². The Morgan fingerprint density at radius 3 is 2.45 bits per heavy atom. The molecular weight excluding hydrogens is 302 g/mol. The van der Waals surface area contributed by atoms with E-state index in [4.69, 9.17) is 11.5 Å². The number of carbonyl (C=O) groups excluding carboxylic acids is 1. The van der Waals surface area contributed by atoms with Crippen molar-refractivity contribution in [2.24, 2.45) is 16.5 Å². The topological polar surface area (TPSA) is 116 Å². The van der Waals surface area contributed by atoms with Crippen LogP contribution in [0, 0.1) is 6.92 Å². The molecule has 0 bridgehead atoms. The molecule has 0 aromatic heterocycles. The molecule has 1 aromatic carbocycles. The molecule has 1 amide bonds. The highest BCUT2D eigenvalue weighted by atomic mass is 32.2. The number of benzene rings is 1. The SMILES string of the molecule is CCC/C=C/c1cc(C)c(C(=O)N=C(N)N)cc1S(C)(=O)=O. The zero-order valence-corrected chi connectivity index (χ0v) is 13.8. The quantitative estimate of drug-likeness (QED) is 0.631. The average Bonchev–Trinajstić information content (AvgIpc) is 2.36. The number of nitrogens with two attached hydrogens (primary N) is 2. The molecule has 1 aromatic rings. The van der Waals surface area contributed by atoms with Gasteiger partial charge in [-0.2, -0.15) is 4.99 Å². The van der Waals surface area contributed by atoms with Gasteiger partial charge in [-0.05, 0) is 36.6 Å². The summed E-state index contributed by atoms with van der Waals surface area (Å²) in [5.41, 5.74) is 11.7. The van der Waals surface area contributed by atoms with Crippen LogP contribution in [-0.4, -0.2) is 26.5 Å². The number of sulfone groups is 1. The summed E-state index contributed by atoms with van der Waals surface area (Å²) in [7, 11) is -3.49. The Morgan fingerprint density at radius 2 is 1.95 bits per heavy atom. The van der Waals surface area contributed by atoms with Crippen molar-refractivity contribution in [3.8, 4) is 0 Å². The van der Waals surface area contributed by atoms with Crippen molar-refractivity contribution in [3.63, 3.8) is 0 Å². The fourth-order valence-electron chi connectivity index (χ4n) is 1.95. The molecule has 22 heavy (non-hydrogen) atoms. The lowest BCUT2D eigenvalue weighted by Gasteiger charge is -2.09. The normalized spacial score (nSPS) is 11.6. The number of guanidine groups is 1. The minimum absolute atomic E-state index is 0.0830. The number of amides is 1. The van der Waals surface area contributed by atoms with Crippen molar-refractivity contribution < 1.29 is 13.2 Å². The van der Waals surface area contributed by atoms with Gasteiger partial charge in [0.05, 0.1) is 4.90 Å². The van der Waals surface area contributed by atoms with Crippen molar-refractivity contribution in [1.82, 2.24) is 0 Å². The molecule has 4 N–H and O–H groups in total. The monoisotopic (exact) mass is 323 g/mol. The molecule has 0 fully saturated rings. The molecule has 0 atom stereocenters. The third kappa shape index (κ3) is 4.70. The van der Waals surface area contributed by atoms with Gasteiger partial charge in [0, 0.05) is 11.8 Å². The van der Waals surface area contributed by atoms with E-state index in [1.165, 1.54) is 6.07 Å². The Balaban J connectivity index is 3.49. The van der Waals surface area contributed by atoms with Gasteiger partial charge < -0.3 is 11.5 Å². The Hall–Kier alpha value is -2.15. The van der Waals surface area contributed by atoms with Crippen LogP contribution >= 0.6 is 0 Å². The minimum atomic E-state index is -3.49. The highest BCUT2D eigenvalue weighted by Crippen LogP contribution is 2.23. The summed E-state index contributed by atoms with van der Waals surface area (Å²) in [6, 6.07) is 2.98. The lowest BCUT2D eigenvalue weighted by atomic mass is 10.0. The Bertz CT molecular complexity index is 731. The molecule has 0 unspecified atom stereocenters. The molecule has 0 saturated carbocycles. The lowest BCUT2D eigenvalue weighted by molar-refractivity contribution is 0.100. The van der Waals surface area contributed by atoms with Gasteiger partial charge in [-0.1, -0.05) is 25.5 Å². The first-order chi connectivity index (χ1) is 10.2. The van der Waals surface area contributed by atoms with Crippen LogP contribution in [0.25, 0.3) is 6.08 Å². The molecule has 6 nitrogen and oxygen atoms in total. The first kappa shape index (κ1) is 17.9. The van der Waals surface area contributed by atoms with Gasteiger partial charge >= 0.3 is 0 Å². The van der Waals surface area contributed by atoms with Crippen LogP contribution in [0.1, 0.15) is 41.3 Å². The number of nitrogens with zero attached hydrogens (tertiary/aromatic N) is 1. The number of hydrogen-bond acceptors (Lipinski definition) is 3. The maximum Gasteiger partial charge on any atom is 0.280 e. The lowest BCUT2D eigenvalue weighted by Crippen LogP contribution is -2.24. The fraction of sp³-hybridized carbons (Fsp3) is 0.333. The number of aliphatic imine (C=N–C) groups is 1. The molecule has 0 spiro atoms. The molecule has 0 aliphatic heterocycles. The summed E-state index contributed by atoms with van der Waals surface area (Å²) in [6.45, 7) is 3.74. The third-order valence-electron chi connectivity index (χ3n) is 2.97. The van der Waals surface area contributed by atoms with Crippen molar-refractivity contribution >= 4 is 27.8 Å². The molecule has 120 valence electrons. The largest absolute Gasteiger partial charge is 0.370 e. The first-order valence-electron chi connectivity index (χ1n) is 6.82. The van der Waals surface area contributed by atoms with Gasteiger partial charge in [0.15, 0.2) is 15.8 Å². The minimum Gasteiger partial charge on any atom is -0.370 e. The van der Waals surface area contributed by atoms with Crippen molar-refractivity contribution in [3.05, 3.63) is 34.9 Å². The van der Waals surface area contributed by atoms with Gasteiger partial charge in [-0.25, -0.2) is 8.42 Å². The van der Waals surface area contributed by atoms with Gasteiger partial charge in [-0.15, -0.1) is 0 Å². The summed E-state index contributed by atoms with van der Waals surface area (Å²) in [5.74, 6) is -1.02. The Kier molecular flexibility index (Phi) is 5.87. The van der Waals surface area contributed by atoms with E-state index in [9.17, 15) is 13.2 Å². The smallest absolute Gasteiger partial charge is 0.280 e. The molecule has 0 saturated heterocycles. The number of aryl methyl sites for hydroxylation is 1. The Morgan fingerprint density at radius 1 is 1.32 bits per heavy atom. The Labute approximate surface area is 130 Å². The van der Waals surface area contributed by atoms with Gasteiger partial charge in [0.25, 0.3) is 5.91 Å². The third-order valence-corrected chi connectivity index (χ3v) is 4.12. The van der Waals surface area contributed by atoms with E-state index in [0.717, 1.165) is 19.1 Å². The van der Waals surface area contributed by atoms with Crippen LogP contribution in [0.4, 0.5) is 0 Å². The molecule has 0 radical (unpaired) electrons. The predicted octanol–water partition coefficient (Wildman–Crippen LogP) is 1.63. The summed E-state index contributed by atoms with van der Waals surface area (Å²) in [6.07, 6.45) is 6.56. The summed E-state index contributed by atoms with van der Waals surface area (Å²) in [5, 5.41) is 0. The van der Waals surface area contributed by atoms with Crippen LogP contribution in [0.3, 0.4) is 0 Å². The highest BCUT2D eigenvalue weighted by Gasteiger charge is 2.18. The molecule has 0 heterocycles. The van der Waals surface area contributed by atoms with Gasteiger partial charge in [-0.3, -0.25) is 4.79 Å². The molecule has 1 rings (SSSR count). The first-order valence-corrected chi connectivity index (χ1v) is 8.71. The maximum absolute atomic E-state index is 12.0. The van der Waals surface area contributed by atoms with E-state index >= 15 is 0 Å². The molecule has 7 heteroatoms. The van der Waals surface area contributed by atoms with Crippen molar-refractivity contribution in [2.75, 3.05) is 6.26 Å². The molecular formula is C15H21N3O3S. The van der Waals surface area contributed by atoms with Crippen molar-refractivity contribution in [2.45, 2.75) is 31.6 Å². The van der Waals surface area contributed by atoms with E-state index in [2.05, 4.69) is 4.99 Å². The van der Waals surface area contributed by atoms with Crippen LogP contribution in [0.2, 0.25) is 0 Å². The van der Waals surface area contributed by atoms with E-state index in [-0.39, 0.29) is 16.4 Å². The van der Waals surface area contributed by atoms with Gasteiger partial charge in [0.2, 0.25) is 0 Å². The van der Waals surface area contributed by atoms with Crippen LogP contribution in [-0.2, 0) is 9.84 Å². The maximum atomic E-state index is 12.0. The van der Waals surface area contributed by atoms with Crippen LogP contribution in [0.15, 0.2) is 28.1 Å². The second-order valence-corrected chi connectivity index (χ2v) is 6.99. The fourth-order valence-corrected chi connectivity index (χ4v) is 2.83. The number of unbranched alkanes of at least 4 members (excludes halogenated alkanes) is 1. The average molecular weight is 323 g/mol.